The Morgan fingerprint density at radius 3 is 1.34 bits per heavy atom. The summed E-state index contributed by atoms with van der Waals surface area (Å²) in [5.74, 6) is -3.77. The molecule has 0 radical (unpaired) electrons. The number of carbonyl (C=O) groups excluding carboxylic acids is 6. The third-order valence-electron chi connectivity index (χ3n) is 8.06. The molecule has 0 fully saturated rings. The number of hydrogen-bond donors (Lipinski definition) is 0. The van der Waals surface area contributed by atoms with Crippen molar-refractivity contribution in [2.75, 3.05) is 27.4 Å². The number of carbonyl (C=O) groups is 6. The highest BCUT2D eigenvalue weighted by Crippen LogP contribution is 2.47. The van der Waals surface area contributed by atoms with Crippen LogP contribution in [-0.4, -0.2) is 87.7 Å². The van der Waals surface area contributed by atoms with Gasteiger partial charge in [0.15, 0.2) is 5.41 Å². The SMILES string of the molecule is COC(=O)C1(C(=O)OC)Cc2c([C@@H]3C=C[C@H](OC(C)=O)[C@@H](COC(C)=O)O3)ccc([C@@H]3C=C[C@H](OC(C)=O)[C@@H](COC(C)=O)O3)c2C1. The zero-order valence-electron chi connectivity index (χ0n) is 27.0. The molecule has 2 aliphatic heterocycles. The van der Waals surface area contributed by atoms with Gasteiger partial charge in [-0.3, -0.25) is 28.8 Å². The van der Waals surface area contributed by atoms with Gasteiger partial charge in [0.1, 0.15) is 49.8 Å². The molecule has 1 aromatic rings. The molecule has 0 aromatic heterocycles. The highest BCUT2D eigenvalue weighted by atomic mass is 16.6. The average Bonchev–Trinajstić information content (AvgIpc) is 3.44. The predicted octanol–water partition coefficient (Wildman–Crippen LogP) is 2.10. The fourth-order valence-electron chi connectivity index (χ4n) is 6.03. The molecule has 0 saturated carbocycles. The predicted molar refractivity (Wildman–Crippen MR) is 158 cm³/mol. The smallest absolute Gasteiger partial charge is 0.323 e. The maximum atomic E-state index is 13.3. The fraction of sp³-hybridized carbons (Fsp3) is 0.515. The van der Waals surface area contributed by atoms with E-state index < -0.39 is 77.9 Å². The van der Waals surface area contributed by atoms with Crippen LogP contribution in [0.2, 0.25) is 0 Å². The van der Waals surface area contributed by atoms with E-state index in [0.29, 0.717) is 22.3 Å². The minimum Gasteiger partial charge on any atom is -0.468 e. The number of methoxy groups -OCH3 is 2. The molecular weight excluding hydrogens is 620 g/mol. The Hall–Kier alpha value is -4.56. The Kier molecular flexibility index (Phi) is 11.2. The maximum absolute atomic E-state index is 13.3. The third kappa shape index (κ3) is 7.88. The van der Waals surface area contributed by atoms with Gasteiger partial charge in [0.2, 0.25) is 0 Å². The van der Waals surface area contributed by atoms with Gasteiger partial charge in [0, 0.05) is 40.5 Å². The summed E-state index contributed by atoms with van der Waals surface area (Å²) in [6, 6.07) is 3.53. The Balaban J connectivity index is 1.79. The molecule has 47 heavy (non-hydrogen) atoms. The summed E-state index contributed by atoms with van der Waals surface area (Å²) >= 11 is 0. The van der Waals surface area contributed by atoms with Crippen molar-refractivity contribution in [3.63, 3.8) is 0 Å². The first kappa shape index (κ1) is 35.3. The number of ether oxygens (including phenoxy) is 8. The van der Waals surface area contributed by atoms with Gasteiger partial charge in [0.05, 0.1) is 14.2 Å². The van der Waals surface area contributed by atoms with Crippen LogP contribution in [-0.2, 0) is 79.5 Å². The second kappa shape index (κ2) is 14.9. The Morgan fingerprint density at radius 1 is 0.638 bits per heavy atom. The van der Waals surface area contributed by atoms with Crippen LogP contribution in [0.25, 0.3) is 0 Å². The molecule has 0 spiro atoms. The summed E-state index contributed by atoms with van der Waals surface area (Å²) < 4.78 is 43.8. The summed E-state index contributed by atoms with van der Waals surface area (Å²) in [7, 11) is 2.36. The quantitative estimate of drug-likeness (QED) is 0.155. The van der Waals surface area contributed by atoms with E-state index in [0.717, 1.165) is 0 Å². The van der Waals surface area contributed by atoms with E-state index >= 15 is 0 Å². The second-order valence-electron chi connectivity index (χ2n) is 11.3. The van der Waals surface area contributed by atoms with Crippen LogP contribution in [0.4, 0.5) is 0 Å². The van der Waals surface area contributed by atoms with E-state index in [-0.39, 0.29) is 26.1 Å². The Bertz CT molecular complexity index is 1370. The summed E-state index contributed by atoms with van der Waals surface area (Å²) in [6.45, 7) is 4.60. The largest absolute Gasteiger partial charge is 0.468 e. The van der Waals surface area contributed by atoms with Crippen molar-refractivity contribution in [1.82, 2.24) is 0 Å². The molecule has 0 unspecified atom stereocenters. The summed E-state index contributed by atoms with van der Waals surface area (Å²) in [4.78, 5) is 73.2. The van der Waals surface area contributed by atoms with Crippen LogP contribution in [0.5, 0.6) is 0 Å². The first-order valence-electron chi connectivity index (χ1n) is 14.9. The molecule has 4 rings (SSSR count). The lowest BCUT2D eigenvalue weighted by Gasteiger charge is -2.34. The molecule has 1 aliphatic carbocycles. The first-order chi connectivity index (χ1) is 22.3. The molecule has 254 valence electrons. The molecule has 0 bridgehead atoms. The van der Waals surface area contributed by atoms with Crippen molar-refractivity contribution in [3.05, 3.63) is 58.7 Å². The fourth-order valence-corrected chi connectivity index (χ4v) is 6.03. The van der Waals surface area contributed by atoms with Gasteiger partial charge in [-0.25, -0.2) is 0 Å². The van der Waals surface area contributed by atoms with Crippen LogP contribution in [0.3, 0.4) is 0 Å². The van der Waals surface area contributed by atoms with Crippen LogP contribution in [0.15, 0.2) is 36.4 Å². The summed E-state index contributed by atoms with van der Waals surface area (Å²) in [5, 5.41) is 0. The normalized spacial score (nSPS) is 25.6. The maximum Gasteiger partial charge on any atom is 0.323 e. The molecule has 0 amide bonds. The number of rotatable bonds is 10. The van der Waals surface area contributed by atoms with Crippen molar-refractivity contribution in [1.29, 1.82) is 0 Å². The highest BCUT2D eigenvalue weighted by molar-refractivity contribution is 6.01. The zero-order valence-corrected chi connectivity index (χ0v) is 27.0. The van der Waals surface area contributed by atoms with E-state index in [4.69, 9.17) is 37.9 Å². The van der Waals surface area contributed by atoms with Crippen molar-refractivity contribution < 1.29 is 66.7 Å². The lowest BCUT2D eigenvalue weighted by Crippen LogP contribution is -2.42. The average molecular weight is 659 g/mol. The van der Waals surface area contributed by atoms with Crippen molar-refractivity contribution >= 4 is 35.8 Å². The highest BCUT2D eigenvalue weighted by Gasteiger charge is 2.54. The van der Waals surface area contributed by atoms with Gasteiger partial charge >= 0.3 is 35.8 Å². The van der Waals surface area contributed by atoms with Gasteiger partial charge in [-0.2, -0.15) is 0 Å². The molecule has 0 saturated heterocycles. The molecule has 0 N–H and O–H groups in total. The van der Waals surface area contributed by atoms with Crippen LogP contribution < -0.4 is 0 Å². The van der Waals surface area contributed by atoms with Gasteiger partial charge in [-0.15, -0.1) is 0 Å². The number of fused-ring (bicyclic) bond motifs is 1. The van der Waals surface area contributed by atoms with E-state index in [2.05, 4.69) is 0 Å². The first-order valence-corrected chi connectivity index (χ1v) is 14.9. The van der Waals surface area contributed by atoms with Crippen LogP contribution >= 0.6 is 0 Å². The van der Waals surface area contributed by atoms with E-state index in [9.17, 15) is 28.8 Å². The minimum atomic E-state index is -1.72. The molecular formula is C33H38O14. The van der Waals surface area contributed by atoms with E-state index in [1.807, 2.05) is 0 Å². The van der Waals surface area contributed by atoms with Gasteiger partial charge in [-0.1, -0.05) is 24.3 Å². The second-order valence-corrected chi connectivity index (χ2v) is 11.3. The van der Waals surface area contributed by atoms with E-state index in [1.54, 1.807) is 36.4 Å². The molecule has 2 heterocycles. The standard InChI is InChI=1S/C33H38O14/c1-17(34)42-15-29-27(44-19(3)36)11-9-25(46-29)21-7-8-22(24-14-33(13-23(21)24,31(38)40-5)32(39)41-6)26-10-12-28(45-20(4)37)30(47-26)16-43-18(2)35/h7-12,25-30H,13-16H2,1-6H3/t25-,26-,27-,28-,29+,30+/m0/s1. The number of benzene rings is 1. The zero-order chi connectivity index (χ0) is 34.5. The lowest BCUT2D eigenvalue weighted by atomic mass is 9.84. The number of hydrogen-bond acceptors (Lipinski definition) is 14. The van der Waals surface area contributed by atoms with Crippen molar-refractivity contribution in [2.24, 2.45) is 5.41 Å². The number of esters is 6. The van der Waals surface area contributed by atoms with E-state index in [1.165, 1.54) is 41.9 Å². The molecule has 14 heteroatoms. The van der Waals surface area contributed by atoms with Gasteiger partial charge in [-0.05, 0) is 34.4 Å². The molecule has 6 atom stereocenters. The minimum absolute atomic E-state index is 0.0933. The third-order valence-corrected chi connectivity index (χ3v) is 8.06. The topological polar surface area (TPSA) is 176 Å². The van der Waals surface area contributed by atoms with Crippen LogP contribution in [0.1, 0.15) is 62.2 Å². The lowest BCUT2D eigenvalue weighted by molar-refractivity contribution is -0.168. The van der Waals surface area contributed by atoms with Crippen molar-refractivity contribution in [3.8, 4) is 0 Å². The van der Waals surface area contributed by atoms with Crippen LogP contribution in [0, 0.1) is 5.41 Å². The summed E-state index contributed by atoms with van der Waals surface area (Å²) in [5.41, 5.74) is 0.666. The van der Waals surface area contributed by atoms with Gasteiger partial charge in [0.25, 0.3) is 0 Å². The monoisotopic (exact) mass is 658 g/mol. The molecule has 3 aliphatic rings. The Labute approximate surface area is 271 Å². The summed E-state index contributed by atoms with van der Waals surface area (Å²) in [6.07, 6.45) is 1.54. The van der Waals surface area contributed by atoms with Crippen molar-refractivity contribution in [2.45, 2.75) is 77.2 Å². The Morgan fingerprint density at radius 2 is 1.02 bits per heavy atom. The molecule has 1 aromatic carbocycles. The molecule has 14 nitrogen and oxygen atoms in total. The van der Waals surface area contributed by atoms with Gasteiger partial charge < -0.3 is 37.9 Å².